The monoisotopic (exact) mass is 242 g/mol. The largest absolute Gasteiger partial charge is 0.481 e. The lowest BCUT2D eigenvalue weighted by atomic mass is 10.1. The van der Waals surface area contributed by atoms with Gasteiger partial charge in [-0.1, -0.05) is 0 Å². The van der Waals surface area contributed by atoms with Gasteiger partial charge in [0.25, 0.3) is 0 Å². The lowest BCUT2D eigenvalue weighted by Crippen LogP contribution is -2.54. The molecule has 2 aliphatic rings. The normalized spacial score (nSPS) is 29.3. The lowest BCUT2D eigenvalue weighted by Gasteiger charge is -2.36. The molecule has 2 N–H and O–H groups in total. The van der Waals surface area contributed by atoms with E-state index in [0.717, 1.165) is 19.4 Å². The number of hydrogen-bond acceptors (Lipinski definition) is 4. The predicted octanol–water partition coefficient (Wildman–Crippen LogP) is -0.559. The third-order valence-electron chi connectivity index (χ3n) is 3.28. The Balaban J connectivity index is 1.99. The summed E-state index contributed by atoms with van der Waals surface area (Å²) in [6.45, 7) is 2.18. The number of carboxylic acids is 1. The van der Waals surface area contributed by atoms with Gasteiger partial charge in [0.15, 0.2) is 0 Å². The fourth-order valence-corrected chi connectivity index (χ4v) is 2.41. The molecule has 1 amide bonds. The number of aliphatic carboxylic acids is 1. The Bertz CT molecular complexity index is 302. The van der Waals surface area contributed by atoms with E-state index < -0.39 is 5.97 Å². The van der Waals surface area contributed by atoms with Gasteiger partial charge in [0.05, 0.1) is 31.7 Å². The molecule has 2 saturated heterocycles. The summed E-state index contributed by atoms with van der Waals surface area (Å²) in [5.41, 5.74) is 0. The Labute approximate surface area is 99.9 Å². The average molecular weight is 242 g/mol. The Hall–Kier alpha value is -1.14. The highest BCUT2D eigenvalue weighted by molar-refractivity contribution is 5.83. The quantitative estimate of drug-likeness (QED) is 0.693. The maximum atomic E-state index is 12.2. The second-order valence-corrected chi connectivity index (χ2v) is 4.51. The molecule has 2 heterocycles. The highest BCUT2D eigenvalue weighted by Gasteiger charge is 2.34. The summed E-state index contributed by atoms with van der Waals surface area (Å²) in [6, 6.07) is -0.458. The number of nitrogens with zero attached hydrogens (tertiary/aromatic N) is 1. The van der Waals surface area contributed by atoms with Crippen LogP contribution in [0.1, 0.15) is 19.3 Å². The standard InChI is InChI=1S/C11H18N2O4/c14-10(15)6-8-7-17-5-4-13(8)11(16)9-2-1-3-12-9/h8-9,12H,1-7H2,(H,14,15). The summed E-state index contributed by atoms with van der Waals surface area (Å²) in [4.78, 5) is 24.6. The van der Waals surface area contributed by atoms with Crippen LogP contribution in [-0.4, -0.2) is 60.3 Å². The van der Waals surface area contributed by atoms with E-state index in [1.807, 2.05) is 0 Å². The first kappa shape index (κ1) is 12.3. The highest BCUT2D eigenvalue weighted by Crippen LogP contribution is 2.16. The van der Waals surface area contributed by atoms with E-state index >= 15 is 0 Å². The molecule has 0 aromatic carbocycles. The molecule has 0 aromatic rings. The van der Waals surface area contributed by atoms with Gasteiger partial charge < -0.3 is 20.1 Å². The molecule has 17 heavy (non-hydrogen) atoms. The Kier molecular flexibility index (Phi) is 3.96. The van der Waals surface area contributed by atoms with Gasteiger partial charge in [-0.15, -0.1) is 0 Å². The summed E-state index contributed by atoms with van der Waals surface area (Å²) in [5.74, 6) is -0.866. The van der Waals surface area contributed by atoms with Crippen molar-refractivity contribution in [2.75, 3.05) is 26.3 Å². The van der Waals surface area contributed by atoms with Crippen LogP contribution in [0.3, 0.4) is 0 Å². The number of hydrogen-bond donors (Lipinski definition) is 2. The van der Waals surface area contributed by atoms with Gasteiger partial charge in [-0.05, 0) is 19.4 Å². The number of carbonyl (C=O) groups is 2. The molecule has 0 aromatic heterocycles. The first-order valence-corrected chi connectivity index (χ1v) is 6.02. The molecule has 2 fully saturated rings. The third-order valence-corrected chi connectivity index (χ3v) is 3.28. The van der Waals surface area contributed by atoms with Crippen molar-refractivity contribution in [2.45, 2.75) is 31.3 Å². The highest BCUT2D eigenvalue weighted by atomic mass is 16.5. The van der Waals surface area contributed by atoms with Crippen LogP contribution in [0, 0.1) is 0 Å². The minimum absolute atomic E-state index is 0.0250. The Morgan fingerprint density at radius 1 is 1.47 bits per heavy atom. The van der Waals surface area contributed by atoms with E-state index in [9.17, 15) is 9.59 Å². The van der Waals surface area contributed by atoms with E-state index in [-0.39, 0.29) is 24.4 Å². The molecular weight excluding hydrogens is 224 g/mol. The van der Waals surface area contributed by atoms with Crippen LogP contribution in [0.15, 0.2) is 0 Å². The van der Waals surface area contributed by atoms with Crippen LogP contribution in [0.25, 0.3) is 0 Å². The number of carbonyl (C=O) groups excluding carboxylic acids is 1. The fourth-order valence-electron chi connectivity index (χ4n) is 2.41. The number of nitrogens with one attached hydrogen (secondary N) is 1. The minimum atomic E-state index is -0.891. The molecular formula is C11H18N2O4. The van der Waals surface area contributed by atoms with Gasteiger partial charge >= 0.3 is 5.97 Å². The van der Waals surface area contributed by atoms with Crippen molar-refractivity contribution in [2.24, 2.45) is 0 Å². The van der Waals surface area contributed by atoms with E-state index in [4.69, 9.17) is 9.84 Å². The zero-order chi connectivity index (χ0) is 12.3. The van der Waals surface area contributed by atoms with Crippen molar-refractivity contribution in [3.05, 3.63) is 0 Å². The number of ether oxygens (including phenoxy) is 1. The molecule has 0 saturated carbocycles. The Morgan fingerprint density at radius 3 is 2.94 bits per heavy atom. The van der Waals surface area contributed by atoms with E-state index in [1.165, 1.54) is 0 Å². The zero-order valence-corrected chi connectivity index (χ0v) is 9.72. The van der Waals surface area contributed by atoms with Crippen molar-refractivity contribution in [3.8, 4) is 0 Å². The summed E-state index contributed by atoms with van der Waals surface area (Å²) >= 11 is 0. The molecule has 6 nitrogen and oxygen atoms in total. The van der Waals surface area contributed by atoms with Crippen molar-refractivity contribution in [1.29, 1.82) is 0 Å². The first-order chi connectivity index (χ1) is 8.18. The Morgan fingerprint density at radius 2 is 2.29 bits per heavy atom. The molecule has 0 aliphatic carbocycles. The molecule has 0 spiro atoms. The van der Waals surface area contributed by atoms with E-state index in [2.05, 4.69) is 5.32 Å². The second-order valence-electron chi connectivity index (χ2n) is 4.51. The molecule has 96 valence electrons. The fraction of sp³-hybridized carbons (Fsp3) is 0.818. The maximum absolute atomic E-state index is 12.2. The zero-order valence-electron chi connectivity index (χ0n) is 9.72. The van der Waals surface area contributed by atoms with Crippen molar-refractivity contribution in [3.63, 3.8) is 0 Å². The van der Waals surface area contributed by atoms with Gasteiger partial charge in [-0.25, -0.2) is 0 Å². The summed E-state index contributed by atoms with van der Waals surface area (Å²) < 4.78 is 5.25. The van der Waals surface area contributed by atoms with Gasteiger partial charge in [0.1, 0.15) is 0 Å². The molecule has 2 aliphatic heterocycles. The van der Waals surface area contributed by atoms with Crippen molar-refractivity contribution in [1.82, 2.24) is 10.2 Å². The second kappa shape index (κ2) is 5.46. The molecule has 2 unspecified atom stereocenters. The predicted molar refractivity (Wildman–Crippen MR) is 59.6 cm³/mol. The molecule has 2 atom stereocenters. The van der Waals surface area contributed by atoms with Crippen LogP contribution in [-0.2, 0) is 14.3 Å². The number of morpholine rings is 1. The summed E-state index contributed by atoms with van der Waals surface area (Å²) in [5, 5.41) is 12.0. The van der Waals surface area contributed by atoms with Crippen molar-refractivity contribution >= 4 is 11.9 Å². The molecule has 6 heteroatoms. The van der Waals surface area contributed by atoms with Crippen LogP contribution in [0.4, 0.5) is 0 Å². The van der Waals surface area contributed by atoms with Gasteiger partial charge in [-0.2, -0.15) is 0 Å². The summed E-state index contributed by atoms with van der Waals surface area (Å²) in [7, 11) is 0. The smallest absolute Gasteiger partial charge is 0.305 e. The maximum Gasteiger partial charge on any atom is 0.305 e. The minimum Gasteiger partial charge on any atom is -0.481 e. The van der Waals surface area contributed by atoms with Crippen LogP contribution < -0.4 is 5.32 Å². The van der Waals surface area contributed by atoms with Gasteiger partial charge in [0.2, 0.25) is 5.91 Å². The topological polar surface area (TPSA) is 78.9 Å². The molecule has 2 rings (SSSR count). The first-order valence-electron chi connectivity index (χ1n) is 6.02. The third kappa shape index (κ3) is 2.95. The van der Waals surface area contributed by atoms with E-state index in [0.29, 0.717) is 19.8 Å². The SMILES string of the molecule is O=C(O)CC1COCCN1C(=O)C1CCCN1. The van der Waals surface area contributed by atoms with Crippen LogP contribution in [0.2, 0.25) is 0 Å². The van der Waals surface area contributed by atoms with Gasteiger partial charge in [0, 0.05) is 6.54 Å². The molecule has 0 radical (unpaired) electrons. The van der Waals surface area contributed by atoms with Crippen molar-refractivity contribution < 1.29 is 19.4 Å². The van der Waals surface area contributed by atoms with Gasteiger partial charge in [-0.3, -0.25) is 9.59 Å². The average Bonchev–Trinajstić information content (AvgIpc) is 2.81. The summed E-state index contributed by atoms with van der Waals surface area (Å²) in [6.07, 6.45) is 1.80. The molecule has 0 bridgehead atoms. The van der Waals surface area contributed by atoms with Crippen LogP contribution >= 0.6 is 0 Å². The van der Waals surface area contributed by atoms with Crippen LogP contribution in [0.5, 0.6) is 0 Å². The lowest BCUT2D eigenvalue weighted by molar-refractivity contribution is -0.147. The number of carboxylic acid groups (broad SMARTS) is 1. The number of rotatable bonds is 3. The number of amides is 1. The van der Waals surface area contributed by atoms with E-state index in [1.54, 1.807) is 4.90 Å².